The first kappa shape index (κ1) is 13.1. The summed E-state index contributed by atoms with van der Waals surface area (Å²) in [5.74, 6) is 0.913. The van der Waals surface area contributed by atoms with Crippen molar-refractivity contribution < 1.29 is 4.74 Å². The Hall–Kier alpha value is -1.33. The monoisotopic (exact) mass is 309 g/mol. The van der Waals surface area contributed by atoms with Gasteiger partial charge in [-0.15, -0.1) is 0 Å². The van der Waals surface area contributed by atoms with E-state index in [4.69, 9.17) is 4.74 Å². The lowest BCUT2D eigenvalue weighted by molar-refractivity contribution is 0.256. The van der Waals surface area contributed by atoms with Gasteiger partial charge >= 0.3 is 0 Å². The van der Waals surface area contributed by atoms with Crippen molar-refractivity contribution in [1.82, 2.24) is 14.5 Å². The van der Waals surface area contributed by atoms with Crippen LogP contribution in [0.2, 0.25) is 0 Å². The zero-order valence-corrected chi connectivity index (χ0v) is 12.1. The normalized spacial score (nSPS) is 10.9. The smallest absolute Gasteiger partial charge is 0.123 e. The van der Waals surface area contributed by atoms with E-state index < -0.39 is 0 Å². The van der Waals surface area contributed by atoms with Crippen molar-refractivity contribution in [3.63, 3.8) is 0 Å². The number of aromatic nitrogens is 2. The maximum atomic E-state index is 5.37. The molecule has 0 bridgehead atoms. The molecule has 5 heteroatoms. The van der Waals surface area contributed by atoms with E-state index in [9.17, 15) is 0 Å². The molecular weight excluding hydrogens is 294 g/mol. The van der Waals surface area contributed by atoms with Crippen molar-refractivity contribution in [2.45, 2.75) is 13.2 Å². The molecule has 0 aliphatic carbocycles. The second-order valence-corrected chi connectivity index (χ2v) is 5.10. The lowest BCUT2D eigenvalue weighted by Crippen LogP contribution is -2.21. The molecule has 96 valence electrons. The molecule has 2 aromatic rings. The van der Waals surface area contributed by atoms with E-state index in [1.807, 2.05) is 29.2 Å². The molecule has 0 unspecified atom stereocenters. The van der Waals surface area contributed by atoms with E-state index in [1.54, 1.807) is 13.3 Å². The number of hydrogen-bond donors (Lipinski definition) is 0. The maximum absolute atomic E-state index is 5.37. The van der Waals surface area contributed by atoms with Gasteiger partial charge in [-0.3, -0.25) is 4.90 Å². The highest BCUT2D eigenvalue weighted by Gasteiger charge is 2.07. The topological polar surface area (TPSA) is 30.3 Å². The Labute approximate surface area is 115 Å². The van der Waals surface area contributed by atoms with Crippen LogP contribution in [0.3, 0.4) is 0 Å². The van der Waals surface area contributed by atoms with E-state index in [1.165, 1.54) is 0 Å². The molecule has 1 heterocycles. The van der Waals surface area contributed by atoms with Gasteiger partial charge in [-0.1, -0.05) is 15.9 Å². The minimum absolute atomic E-state index is 0.801. The molecule has 0 saturated carbocycles. The van der Waals surface area contributed by atoms with Crippen LogP contribution in [0.1, 0.15) is 5.56 Å². The fourth-order valence-electron chi connectivity index (χ4n) is 1.86. The molecular formula is C13H16BrN3O. The first-order valence-corrected chi connectivity index (χ1v) is 6.45. The van der Waals surface area contributed by atoms with Crippen LogP contribution < -0.4 is 4.74 Å². The Kier molecular flexibility index (Phi) is 4.38. The summed E-state index contributed by atoms with van der Waals surface area (Å²) in [6, 6.07) is 6.05. The van der Waals surface area contributed by atoms with E-state index in [2.05, 4.69) is 38.9 Å². The summed E-state index contributed by atoms with van der Waals surface area (Å²) in [7, 11) is 3.77. The van der Waals surface area contributed by atoms with Gasteiger partial charge in [0.05, 0.1) is 20.1 Å². The summed E-state index contributed by atoms with van der Waals surface area (Å²) in [4.78, 5) is 6.23. The number of methoxy groups -OCH3 is 1. The van der Waals surface area contributed by atoms with Gasteiger partial charge in [0.15, 0.2) is 0 Å². The largest absolute Gasteiger partial charge is 0.496 e. The van der Waals surface area contributed by atoms with Gasteiger partial charge in [0, 0.05) is 29.0 Å². The SMILES string of the molecule is COc1ccc(Br)cc1CN(C)Cn1ccnc1. The van der Waals surface area contributed by atoms with Crippen LogP contribution >= 0.6 is 15.9 Å². The molecule has 0 radical (unpaired) electrons. The first-order chi connectivity index (χ1) is 8.69. The highest BCUT2D eigenvalue weighted by Crippen LogP contribution is 2.24. The zero-order chi connectivity index (χ0) is 13.0. The average molecular weight is 310 g/mol. The zero-order valence-electron chi connectivity index (χ0n) is 10.5. The van der Waals surface area contributed by atoms with E-state index in [-0.39, 0.29) is 0 Å². The number of ether oxygens (including phenoxy) is 1. The maximum Gasteiger partial charge on any atom is 0.123 e. The molecule has 4 nitrogen and oxygen atoms in total. The fraction of sp³-hybridized carbons (Fsp3) is 0.308. The molecule has 1 aromatic heterocycles. The molecule has 18 heavy (non-hydrogen) atoms. The molecule has 1 aromatic carbocycles. The average Bonchev–Trinajstić information content (AvgIpc) is 2.82. The Bertz CT molecular complexity index is 499. The van der Waals surface area contributed by atoms with Gasteiger partial charge in [0.2, 0.25) is 0 Å². The third-order valence-electron chi connectivity index (χ3n) is 2.65. The number of rotatable bonds is 5. The summed E-state index contributed by atoms with van der Waals surface area (Å²) >= 11 is 3.49. The van der Waals surface area contributed by atoms with Crippen molar-refractivity contribution >= 4 is 15.9 Å². The van der Waals surface area contributed by atoms with Crippen molar-refractivity contribution in [2.75, 3.05) is 14.2 Å². The molecule has 0 fully saturated rings. The van der Waals surface area contributed by atoms with Crippen LogP contribution in [0.4, 0.5) is 0 Å². The van der Waals surface area contributed by atoms with Crippen LogP contribution in [0, 0.1) is 0 Å². The molecule has 0 N–H and O–H groups in total. The fourth-order valence-corrected chi connectivity index (χ4v) is 2.27. The molecule has 0 spiro atoms. The summed E-state index contributed by atoms with van der Waals surface area (Å²) in [5, 5.41) is 0. The van der Waals surface area contributed by atoms with Crippen LogP contribution in [-0.4, -0.2) is 28.6 Å². The Morgan fingerprint density at radius 3 is 2.94 bits per heavy atom. The summed E-state index contributed by atoms with van der Waals surface area (Å²) < 4.78 is 8.47. The van der Waals surface area contributed by atoms with Crippen molar-refractivity contribution in [2.24, 2.45) is 0 Å². The molecule has 2 rings (SSSR count). The van der Waals surface area contributed by atoms with Crippen LogP contribution in [0.15, 0.2) is 41.4 Å². The van der Waals surface area contributed by atoms with E-state index in [0.29, 0.717) is 0 Å². The first-order valence-electron chi connectivity index (χ1n) is 5.65. The van der Waals surface area contributed by atoms with Gasteiger partial charge in [0.1, 0.15) is 5.75 Å². The second-order valence-electron chi connectivity index (χ2n) is 4.19. The minimum atomic E-state index is 0.801. The Balaban J connectivity index is 2.06. The van der Waals surface area contributed by atoms with Gasteiger partial charge < -0.3 is 9.30 Å². The summed E-state index contributed by atoms with van der Waals surface area (Å²) in [6.45, 7) is 1.62. The molecule has 0 saturated heterocycles. The van der Waals surface area contributed by atoms with E-state index in [0.717, 1.165) is 29.0 Å². The predicted molar refractivity (Wildman–Crippen MR) is 74.4 cm³/mol. The Morgan fingerprint density at radius 2 is 2.28 bits per heavy atom. The predicted octanol–water partition coefficient (Wildman–Crippen LogP) is 2.74. The van der Waals surface area contributed by atoms with Crippen LogP contribution in [0.5, 0.6) is 5.75 Å². The van der Waals surface area contributed by atoms with Crippen molar-refractivity contribution in [1.29, 1.82) is 0 Å². The standard InChI is InChI=1S/C13H16BrN3O/c1-16(10-17-6-5-15-9-17)8-11-7-12(14)3-4-13(11)18-2/h3-7,9H,8,10H2,1-2H3. The number of hydrogen-bond acceptors (Lipinski definition) is 3. The lowest BCUT2D eigenvalue weighted by Gasteiger charge is -2.19. The highest BCUT2D eigenvalue weighted by molar-refractivity contribution is 9.10. The number of benzene rings is 1. The Morgan fingerprint density at radius 1 is 1.44 bits per heavy atom. The van der Waals surface area contributed by atoms with Gasteiger partial charge in [-0.2, -0.15) is 0 Å². The van der Waals surface area contributed by atoms with E-state index >= 15 is 0 Å². The summed E-state index contributed by atoms with van der Waals surface area (Å²) in [6.07, 6.45) is 5.55. The third-order valence-corrected chi connectivity index (χ3v) is 3.14. The highest BCUT2D eigenvalue weighted by atomic mass is 79.9. The summed E-state index contributed by atoms with van der Waals surface area (Å²) in [5.41, 5.74) is 1.16. The number of halogens is 1. The minimum Gasteiger partial charge on any atom is -0.496 e. The second kappa shape index (κ2) is 6.02. The number of nitrogens with zero attached hydrogens (tertiary/aromatic N) is 3. The van der Waals surface area contributed by atoms with Crippen molar-refractivity contribution in [3.8, 4) is 5.75 Å². The van der Waals surface area contributed by atoms with Crippen LogP contribution in [0.25, 0.3) is 0 Å². The third kappa shape index (κ3) is 3.34. The van der Waals surface area contributed by atoms with Gasteiger partial charge in [0.25, 0.3) is 0 Å². The lowest BCUT2D eigenvalue weighted by atomic mass is 10.2. The van der Waals surface area contributed by atoms with Gasteiger partial charge in [-0.05, 0) is 25.2 Å². The molecule has 0 aliphatic rings. The molecule has 0 amide bonds. The van der Waals surface area contributed by atoms with Gasteiger partial charge in [-0.25, -0.2) is 4.98 Å². The van der Waals surface area contributed by atoms with Crippen LogP contribution in [-0.2, 0) is 13.2 Å². The van der Waals surface area contributed by atoms with Crippen molar-refractivity contribution in [3.05, 3.63) is 47.0 Å². The molecule has 0 aliphatic heterocycles. The molecule has 0 atom stereocenters. The number of imidazole rings is 1. The quantitative estimate of drug-likeness (QED) is 0.851.